The van der Waals surface area contributed by atoms with Gasteiger partial charge in [-0.3, -0.25) is 0 Å². The highest BCUT2D eigenvalue weighted by molar-refractivity contribution is 6.23. The van der Waals surface area contributed by atoms with Crippen LogP contribution in [0, 0.1) is 13.8 Å². The quantitative estimate of drug-likeness (QED) is 0.136. The van der Waals surface area contributed by atoms with Crippen molar-refractivity contribution < 1.29 is 14.0 Å². The number of rotatable bonds is 3. The number of hydrogen-bond donors (Lipinski definition) is 0. The Labute approximate surface area is 299 Å². The second kappa shape index (κ2) is 9.06. The SMILES string of the molecule is Cc1c(CCc2cc3ccc4cccc5ccc(c2)c3c45)c(C)[n+]2n1-c1cccc3c1C21c2c(ccc4c5ccccc5n(c24)-c2cccc[n+]21)O3. The minimum absolute atomic E-state index is 0.663. The summed E-state index contributed by atoms with van der Waals surface area (Å²) >= 11 is 0. The molecule has 0 amide bonds. The molecule has 7 aromatic carbocycles. The minimum Gasteiger partial charge on any atom is -0.456 e. The number of aryl methyl sites for hydroxylation is 1. The van der Waals surface area contributed by atoms with E-state index in [1.165, 1.54) is 93.5 Å². The Balaban J connectivity index is 1.06. The third-order valence-electron chi connectivity index (χ3n) is 12.6. The normalized spacial score (nSPS) is 16.3. The second-order valence-corrected chi connectivity index (χ2v) is 14.9. The fourth-order valence-electron chi connectivity index (χ4n) is 10.6. The van der Waals surface area contributed by atoms with Crippen molar-refractivity contribution in [3.05, 3.63) is 167 Å². The monoisotopic (exact) mass is 668 g/mol. The van der Waals surface area contributed by atoms with Gasteiger partial charge in [0.1, 0.15) is 28.3 Å². The summed E-state index contributed by atoms with van der Waals surface area (Å²) in [6, 6.07) is 47.1. The van der Waals surface area contributed by atoms with Crippen molar-refractivity contribution in [3.63, 3.8) is 0 Å². The van der Waals surface area contributed by atoms with Crippen LogP contribution >= 0.6 is 0 Å². The van der Waals surface area contributed by atoms with Gasteiger partial charge >= 0.3 is 5.66 Å². The van der Waals surface area contributed by atoms with Crippen molar-refractivity contribution in [3.8, 4) is 23.0 Å². The Morgan fingerprint density at radius 2 is 1.37 bits per heavy atom. The molecule has 1 unspecified atom stereocenters. The van der Waals surface area contributed by atoms with E-state index in [1.54, 1.807) is 0 Å². The van der Waals surface area contributed by atoms with Gasteiger partial charge in [0.15, 0.2) is 11.1 Å². The first-order valence-electron chi connectivity index (χ1n) is 18.3. The van der Waals surface area contributed by atoms with E-state index in [9.17, 15) is 0 Å². The first-order valence-corrected chi connectivity index (χ1v) is 18.3. The number of hydrogen-bond acceptors (Lipinski definition) is 1. The van der Waals surface area contributed by atoms with E-state index in [4.69, 9.17) is 4.74 Å². The van der Waals surface area contributed by atoms with Crippen LogP contribution in [0.1, 0.15) is 33.6 Å². The van der Waals surface area contributed by atoms with Gasteiger partial charge in [-0.15, -0.1) is 4.68 Å². The molecule has 0 radical (unpaired) electrons. The predicted molar refractivity (Wildman–Crippen MR) is 206 cm³/mol. The Kier molecular flexibility index (Phi) is 4.75. The zero-order chi connectivity index (χ0) is 34.0. The van der Waals surface area contributed by atoms with Crippen LogP contribution in [-0.4, -0.2) is 9.25 Å². The van der Waals surface area contributed by atoms with Crippen molar-refractivity contribution in [2.45, 2.75) is 32.4 Å². The minimum atomic E-state index is -0.663. The highest BCUT2D eigenvalue weighted by Crippen LogP contribution is 2.55. The van der Waals surface area contributed by atoms with E-state index in [2.05, 4.69) is 166 Å². The Morgan fingerprint density at radius 1 is 0.635 bits per heavy atom. The molecular weight excluding hydrogens is 637 g/mol. The lowest BCUT2D eigenvalue weighted by atomic mass is 9.84. The van der Waals surface area contributed by atoms with E-state index in [-0.39, 0.29) is 0 Å². The summed E-state index contributed by atoms with van der Waals surface area (Å²) in [5.74, 6) is 2.98. The molecule has 5 heteroatoms. The fraction of sp³-hybridized carbons (Fsp3) is 0.106. The molecule has 1 atom stereocenters. The maximum atomic E-state index is 6.89. The zero-order valence-corrected chi connectivity index (χ0v) is 28.8. The average Bonchev–Trinajstić information content (AvgIpc) is 3.78. The summed E-state index contributed by atoms with van der Waals surface area (Å²) in [5, 5.41) is 10.5. The molecule has 3 aromatic heterocycles. The first kappa shape index (κ1) is 27.3. The molecule has 1 spiro atoms. The van der Waals surface area contributed by atoms with Crippen molar-refractivity contribution in [1.29, 1.82) is 0 Å². The summed E-state index contributed by atoms with van der Waals surface area (Å²) < 4.78 is 16.9. The van der Waals surface area contributed by atoms with Crippen LogP contribution < -0.4 is 14.0 Å². The lowest BCUT2D eigenvalue weighted by molar-refractivity contribution is -0.995. The van der Waals surface area contributed by atoms with Gasteiger partial charge in [0.25, 0.3) is 5.82 Å². The lowest BCUT2D eigenvalue weighted by Crippen LogP contribution is -2.77. The summed E-state index contributed by atoms with van der Waals surface area (Å²) in [5.41, 5.74) is 10.7. The highest BCUT2D eigenvalue weighted by atomic mass is 16.5. The fourth-order valence-corrected chi connectivity index (χ4v) is 10.6. The molecule has 0 N–H and O–H groups in total. The van der Waals surface area contributed by atoms with E-state index in [1.807, 2.05) is 0 Å². The highest BCUT2D eigenvalue weighted by Gasteiger charge is 2.69. The van der Waals surface area contributed by atoms with Crippen LogP contribution in [0.15, 0.2) is 134 Å². The molecule has 13 rings (SSSR count). The summed E-state index contributed by atoms with van der Waals surface area (Å²) in [6.07, 6.45) is 4.18. The van der Waals surface area contributed by atoms with Crippen LogP contribution in [0.25, 0.3) is 65.6 Å². The number of fused-ring (bicyclic) bond motifs is 7. The van der Waals surface area contributed by atoms with Crippen molar-refractivity contribution >= 4 is 54.1 Å². The molecule has 0 saturated heterocycles. The number of pyridine rings is 1. The van der Waals surface area contributed by atoms with E-state index < -0.39 is 5.66 Å². The average molecular weight is 669 g/mol. The predicted octanol–water partition coefficient (Wildman–Crippen LogP) is 9.48. The van der Waals surface area contributed by atoms with E-state index in [0.29, 0.717) is 0 Å². The molecule has 6 heterocycles. The molecule has 3 aliphatic rings. The van der Waals surface area contributed by atoms with Crippen molar-refractivity contribution in [2.75, 3.05) is 0 Å². The van der Waals surface area contributed by atoms with Crippen molar-refractivity contribution in [1.82, 2.24) is 9.25 Å². The third kappa shape index (κ3) is 2.95. The maximum absolute atomic E-state index is 6.89. The van der Waals surface area contributed by atoms with E-state index in [0.717, 1.165) is 30.2 Å². The number of aromatic nitrogens is 4. The van der Waals surface area contributed by atoms with Gasteiger partial charge in [-0.2, -0.15) is 9.13 Å². The largest absolute Gasteiger partial charge is 0.456 e. The molecule has 52 heavy (non-hydrogen) atoms. The molecule has 0 aliphatic carbocycles. The molecule has 0 bridgehead atoms. The Morgan fingerprint density at radius 3 is 2.21 bits per heavy atom. The lowest BCUT2D eigenvalue weighted by Gasteiger charge is -2.33. The summed E-state index contributed by atoms with van der Waals surface area (Å²) in [4.78, 5) is 0. The van der Waals surface area contributed by atoms with Crippen molar-refractivity contribution in [2.24, 2.45) is 0 Å². The molecule has 0 saturated carbocycles. The smallest absolute Gasteiger partial charge is 0.397 e. The molecule has 244 valence electrons. The molecule has 10 aromatic rings. The standard InChI is InChI=1S/C47H32N4O/c1-27-34(21-16-29-25-32-19-17-30-9-7-10-31-18-20-33(26-29)43(32)42(30)31)28(2)51-47-44-38(50(27)51)13-8-14-39(44)52-40-23-22-36-35-11-3-4-12-37(35)49(46(36)45(40)47)41-15-5-6-24-48(41)47/h3-15,17-20,22-26H,16,21H2,1-2H3/q+2. The van der Waals surface area contributed by atoms with Gasteiger partial charge in [-0.25, -0.2) is 0 Å². The van der Waals surface area contributed by atoms with Gasteiger partial charge in [0, 0.05) is 29.3 Å². The summed E-state index contributed by atoms with van der Waals surface area (Å²) in [6.45, 7) is 4.65. The third-order valence-corrected chi connectivity index (χ3v) is 12.6. The number of ether oxygens (including phenoxy) is 1. The number of benzene rings is 7. The molecule has 0 fully saturated rings. The van der Waals surface area contributed by atoms with E-state index >= 15 is 0 Å². The molecular formula is C47H32N4O+2. The Bertz CT molecular complexity index is 3190. The zero-order valence-electron chi connectivity index (χ0n) is 28.8. The van der Waals surface area contributed by atoms with Crippen LogP contribution in [0.5, 0.6) is 11.5 Å². The molecule has 3 aliphatic heterocycles. The van der Waals surface area contributed by atoms with Gasteiger partial charge in [-0.05, 0) is 100 Å². The summed E-state index contributed by atoms with van der Waals surface area (Å²) in [7, 11) is 0. The van der Waals surface area contributed by atoms with Gasteiger partial charge in [0.2, 0.25) is 5.69 Å². The van der Waals surface area contributed by atoms with Crippen LogP contribution in [-0.2, 0) is 18.5 Å². The van der Waals surface area contributed by atoms with Crippen LogP contribution in [0.4, 0.5) is 0 Å². The number of para-hydroxylation sites is 1. The van der Waals surface area contributed by atoms with Crippen LogP contribution in [0.3, 0.4) is 0 Å². The second-order valence-electron chi connectivity index (χ2n) is 14.9. The number of nitrogens with zero attached hydrogens (tertiary/aromatic N) is 4. The molecule has 5 nitrogen and oxygen atoms in total. The maximum Gasteiger partial charge on any atom is 0.397 e. The van der Waals surface area contributed by atoms with Gasteiger partial charge < -0.3 is 4.74 Å². The van der Waals surface area contributed by atoms with Crippen LogP contribution in [0.2, 0.25) is 0 Å². The van der Waals surface area contributed by atoms with Gasteiger partial charge in [0.05, 0.1) is 11.9 Å². The topological polar surface area (TPSA) is 26.8 Å². The first-order chi connectivity index (χ1) is 25.6. The van der Waals surface area contributed by atoms with Gasteiger partial charge in [-0.1, -0.05) is 83.5 Å². The Hall–Kier alpha value is -6.46.